The molecule has 0 aliphatic rings. The molecule has 0 radical (unpaired) electrons. The Morgan fingerprint density at radius 3 is 2.69 bits per heavy atom. The number of amides is 1. The number of benzene rings is 2. The lowest BCUT2D eigenvalue weighted by atomic mass is 10.2. The second-order valence-corrected chi connectivity index (χ2v) is 7.38. The summed E-state index contributed by atoms with van der Waals surface area (Å²) in [5.74, 6) is 0.314. The molecule has 0 atom stereocenters. The Kier molecular flexibility index (Phi) is 5.78. The second kappa shape index (κ2) is 8.80. The van der Waals surface area contributed by atoms with Gasteiger partial charge in [0, 0.05) is 18.7 Å². The third-order valence-electron chi connectivity index (χ3n) is 4.00. The first-order chi connectivity index (χ1) is 14.2. The normalized spacial score (nSPS) is 10.7. The monoisotopic (exact) mass is 425 g/mol. The van der Waals surface area contributed by atoms with Crippen LogP contribution in [0.4, 0.5) is 5.95 Å². The average Bonchev–Trinajstić information content (AvgIpc) is 3.42. The van der Waals surface area contributed by atoms with Gasteiger partial charge < -0.3 is 10.6 Å². The van der Waals surface area contributed by atoms with Crippen molar-refractivity contribution in [1.29, 1.82) is 0 Å². The molecule has 146 valence electrons. The number of hydrogen-bond donors (Lipinski definition) is 2. The van der Waals surface area contributed by atoms with E-state index in [4.69, 9.17) is 11.6 Å². The van der Waals surface area contributed by atoms with Crippen LogP contribution in [-0.4, -0.2) is 44.2 Å². The molecule has 0 saturated heterocycles. The van der Waals surface area contributed by atoms with Gasteiger partial charge in [0.05, 0.1) is 16.9 Å². The highest BCUT2D eigenvalue weighted by Crippen LogP contribution is 2.30. The van der Waals surface area contributed by atoms with E-state index in [-0.39, 0.29) is 5.91 Å². The van der Waals surface area contributed by atoms with Crippen LogP contribution in [0.1, 0.15) is 9.67 Å². The van der Waals surface area contributed by atoms with Gasteiger partial charge in [0.15, 0.2) is 0 Å². The summed E-state index contributed by atoms with van der Waals surface area (Å²) in [5.41, 5.74) is 1.66. The van der Waals surface area contributed by atoms with Crippen molar-refractivity contribution in [3.8, 4) is 16.3 Å². The number of nitrogens with zero attached hydrogens (tertiary/aromatic N) is 5. The molecule has 2 aromatic heterocycles. The van der Waals surface area contributed by atoms with Crippen LogP contribution in [0.15, 0.2) is 60.8 Å². The molecule has 29 heavy (non-hydrogen) atoms. The molecule has 0 fully saturated rings. The van der Waals surface area contributed by atoms with E-state index in [1.54, 1.807) is 16.9 Å². The maximum Gasteiger partial charge on any atom is 0.263 e. The average molecular weight is 426 g/mol. The van der Waals surface area contributed by atoms with Crippen LogP contribution in [-0.2, 0) is 0 Å². The first-order valence-electron chi connectivity index (χ1n) is 8.79. The molecule has 4 rings (SSSR count). The van der Waals surface area contributed by atoms with E-state index in [9.17, 15) is 4.79 Å². The molecule has 4 aromatic rings. The van der Waals surface area contributed by atoms with Gasteiger partial charge in [-0.25, -0.2) is 4.98 Å². The van der Waals surface area contributed by atoms with Gasteiger partial charge in [-0.2, -0.15) is 4.68 Å². The molecule has 0 unspecified atom stereocenters. The van der Waals surface area contributed by atoms with Crippen LogP contribution in [0.25, 0.3) is 16.3 Å². The minimum Gasteiger partial charge on any atom is -0.351 e. The third kappa shape index (κ3) is 4.41. The maximum atomic E-state index is 12.4. The van der Waals surface area contributed by atoms with Crippen LogP contribution in [0.5, 0.6) is 0 Å². The summed E-state index contributed by atoms with van der Waals surface area (Å²) in [4.78, 5) is 17.2. The van der Waals surface area contributed by atoms with E-state index < -0.39 is 0 Å². The molecule has 0 spiro atoms. The van der Waals surface area contributed by atoms with Crippen molar-refractivity contribution in [3.05, 3.63) is 70.7 Å². The lowest BCUT2D eigenvalue weighted by Crippen LogP contribution is -2.28. The highest BCUT2D eigenvalue weighted by atomic mass is 35.5. The summed E-state index contributed by atoms with van der Waals surface area (Å²) in [5, 5.41) is 18.9. The number of para-hydroxylation sites is 1. The smallest absolute Gasteiger partial charge is 0.263 e. The largest absolute Gasteiger partial charge is 0.351 e. The molecule has 10 heteroatoms. The number of halogens is 1. The van der Waals surface area contributed by atoms with Crippen LogP contribution >= 0.6 is 22.9 Å². The summed E-state index contributed by atoms with van der Waals surface area (Å²) in [6, 6.07) is 17.0. The molecule has 0 saturated carbocycles. The Hall–Kier alpha value is -3.30. The maximum absolute atomic E-state index is 12.4. The number of thiazole rings is 1. The lowest BCUT2D eigenvalue weighted by molar-refractivity contribution is 0.0959. The summed E-state index contributed by atoms with van der Waals surface area (Å²) >= 11 is 7.49. The third-order valence-corrected chi connectivity index (χ3v) is 5.36. The molecule has 2 heterocycles. The van der Waals surface area contributed by atoms with E-state index >= 15 is 0 Å². The minimum atomic E-state index is -0.190. The molecular formula is C19H16ClN7OS. The van der Waals surface area contributed by atoms with Crippen molar-refractivity contribution in [2.24, 2.45) is 0 Å². The van der Waals surface area contributed by atoms with Crippen molar-refractivity contribution < 1.29 is 4.79 Å². The molecule has 0 aliphatic carbocycles. The fourth-order valence-electron chi connectivity index (χ4n) is 2.62. The topological polar surface area (TPSA) is 97.6 Å². The second-order valence-electron chi connectivity index (χ2n) is 5.94. The van der Waals surface area contributed by atoms with Crippen LogP contribution in [0.2, 0.25) is 5.02 Å². The Balaban J connectivity index is 1.32. The van der Waals surface area contributed by atoms with Crippen molar-refractivity contribution in [2.75, 3.05) is 18.4 Å². The summed E-state index contributed by atoms with van der Waals surface area (Å²) < 4.78 is 1.60. The minimum absolute atomic E-state index is 0.190. The number of aromatic nitrogens is 5. The predicted octanol–water partition coefficient (Wildman–Crippen LogP) is 3.28. The van der Waals surface area contributed by atoms with Gasteiger partial charge >= 0.3 is 0 Å². The zero-order valence-corrected chi connectivity index (χ0v) is 16.7. The fraction of sp³-hybridized carbons (Fsp3) is 0.105. The Labute approximate surface area is 175 Å². The standard InChI is InChI=1S/C19H16ClN7OS/c20-15-9-5-4-8-14(15)18-23-12-16(29-18)17(28)21-10-11-22-19-24-25-26-27(19)13-6-2-1-3-7-13/h1-9,12H,10-11H2,(H,21,28)(H,22,24,26). The highest BCUT2D eigenvalue weighted by molar-refractivity contribution is 7.17. The van der Waals surface area contributed by atoms with E-state index in [0.717, 1.165) is 11.3 Å². The number of nitrogens with one attached hydrogen (secondary N) is 2. The molecule has 8 nitrogen and oxygen atoms in total. The summed E-state index contributed by atoms with van der Waals surface area (Å²) in [6.07, 6.45) is 1.56. The van der Waals surface area contributed by atoms with E-state index in [1.807, 2.05) is 48.5 Å². The zero-order valence-electron chi connectivity index (χ0n) is 15.1. The molecular weight excluding hydrogens is 410 g/mol. The van der Waals surface area contributed by atoms with Crippen molar-refractivity contribution in [3.63, 3.8) is 0 Å². The molecule has 2 aromatic carbocycles. The van der Waals surface area contributed by atoms with Gasteiger partial charge in [-0.15, -0.1) is 11.3 Å². The van der Waals surface area contributed by atoms with E-state index in [1.165, 1.54) is 11.3 Å². The van der Waals surface area contributed by atoms with Crippen LogP contribution in [0, 0.1) is 0 Å². The first-order valence-corrected chi connectivity index (χ1v) is 9.98. The Bertz CT molecular complexity index is 1110. The van der Waals surface area contributed by atoms with E-state index in [0.29, 0.717) is 33.9 Å². The Morgan fingerprint density at radius 2 is 1.86 bits per heavy atom. The van der Waals surface area contributed by atoms with Gasteiger partial charge in [0.25, 0.3) is 5.91 Å². The molecule has 2 N–H and O–H groups in total. The summed E-state index contributed by atoms with van der Waals surface area (Å²) in [6.45, 7) is 0.870. The molecule has 0 bridgehead atoms. The van der Waals surface area contributed by atoms with Gasteiger partial charge in [-0.1, -0.05) is 53.1 Å². The quantitative estimate of drug-likeness (QED) is 0.441. The van der Waals surface area contributed by atoms with Crippen molar-refractivity contribution in [1.82, 2.24) is 30.5 Å². The zero-order chi connectivity index (χ0) is 20.1. The number of tetrazole rings is 1. The number of rotatable bonds is 7. The van der Waals surface area contributed by atoms with E-state index in [2.05, 4.69) is 31.1 Å². The predicted molar refractivity (Wildman–Crippen MR) is 113 cm³/mol. The van der Waals surface area contributed by atoms with Crippen LogP contribution in [0.3, 0.4) is 0 Å². The fourth-order valence-corrected chi connectivity index (χ4v) is 3.77. The SMILES string of the molecule is O=C(NCCNc1nnnn1-c1ccccc1)c1cnc(-c2ccccc2Cl)s1. The van der Waals surface area contributed by atoms with Gasteiger partial charge in [-0.3, -0.25) is 4.79 Å². The molecule has 0 aliphatic heterocycles. The van der Waals surface area contributed by atoms with Crippen molar-refractivity contribution in [2.45, 2.75) is 0 Å². The Morgan fingerprint density at radius 1 is 1.07 bits per heavy atom. The number of anilines is 1. The van der Waals surface area contributed by atoms with Crippen LogP contribution < -0.4 is 10.6 Å². The first kappa shape index (κ1) is 19.0. The molecule has 1 amide bonds. The van der Waals surface area contributed by atoms with Crippen molar-refractivity contribution >= 4 is 34.8 Å². The number of carbonyl (C=O) groups is 1. The van der Waals surface area contributed by atoms with Gasteiger partial charge in [0.2, 0.25) is 5.95 Å². The van der Waals surface area contributed by atoms with Gasteiger partial charge in [0.1, 0.15) is 9.88 Å². The highest BCUT2D eigenvalue weighted by Gasteiger charge is 2.13. The lowest BCUT2D eigenvalue weighted by Gasteiger charge is -2.07. The number of hydrogen-bond acceptors (Lipinski definition) is 7. The van der Waals surface area contributed by atoms with Gasteiger partial charge in [-0.05, 0) is 28.6 Å². The number of carbonyl (C=O) groups excluding carboxylic acids is 1. The summed E-state index contributed by atoms with van der Waals surface area (Å²) in [7, 11) is 0.